The maximum absolute atomic E-state index is 13.0. The zero-order chi connectivity index (χ0) is 17.3. The van der Waals surface area contributed by atoms with Gasteiger partial charge in [-0.1, -0.05) is 6.92 Å². The predicted octanol–water partition coefficient (Wildman–Crippen LogP) is 3.41. The number of hydrogen-bond acceptors (Lipinski definition) is 3. The lowest BCUT2D eigenvalue weighted by molar-refractivity contribution is -0.141. The number of carbonyl (C=O) groups is 2. The first-order valence-electron chi connectivity index (χ1n) is 7.85. The van der Waals surface area contributed by atoms with Crippen molar-refractivity contribution < 1.29 is 23.5 Å². The molecule has 1 aliphatic carbocycles. The molecule has 1 N–H and O–H groups in total. The van der Waals surface area contributed by atoms with Gasteiger partial charge in [0.2, 0.25) is 0 Å². The van der Waals surface area contributed by atoms with E-state index in [0.717, 1.165) is 12.8 Å². The number of amides is 1. The van der Waals surface area contributed by atoms with E-state index < -0.39 is 11.9 Å². The van der Waals surface area contributed by atoms with Crippen molar-refractivity contribution >= 4 is 11.9 Å². The van der Waals surface area contributed by atoms with Crippen LogP contribution in [0.3, 0.4) is 0 Å². The van der Waals surface area contributed by atoms with Gasteiger partial charge in [-0.2, -0.15) is 0 Å². The van der Waals surface area contributed by atoms with E-state index in [1.807, 2.05) is 0 Å². The lowest BCUT2D eigenvalue weighted by atomic mass is 10.1. The van der Waals surface area contributed by atoms with Crippen LogP contribution in [0.15, 0.2) is 40.8 Å². The van der Waals surface area contributed by atoms with E-state index in [1.165, 1.54) is 12.1 Å². The van der Waals surface area contributed by atoms with Crippen molar-refractivity contribution in [1.82, 2.24) is 4.90 Å². The fourth-order valence-corrected chi connectivity index (χ4v) is 2.52. The zero-order valence-corrected chi connectivity index (χ0v) is 13.2. The van der Waals surface area contributed by atoms with Crippen LogP contribution < -0.4 is 0 Å². The quantitative estimate of drug-likeness (QED) is 0.880. The number of rotatable bonds is 6. The van der Waals surface area contributed by atoms with Crippen LogP contribution >= 0.6 is 0 Å². The number of aliphatic carboxylic acids is 1. The minimum atomic E-state index is -0.931. The zero-order valence-electron chi connectivity index (χ0n) is 13.2. The van der Waals surface area contributed by atoms with Crippen molar-refractivity contribution in [3.05, 3.63) is 48.0 Å². The van der Waals surface area contributed by atoms with Gasteiger partial charge in [0.05, 0.1) is 5.92 Å². The minimum absolute atomic E-state index is 0.0821. The summed E-state index contributed by atoms with van der Waals surface area (Å²) >= 11 is 0. The maximum atomic E-state index is 13.0. The average molecular weight is 331 g/mol. The molecular weight excluding hydrogens is 313 g/mol. The summed E-state index contributed by atoms with van der Waals surface area (Å²) in [5, 5.41) is 9.07. The largest absolute Gasteiger partial charge is 0.481 e. The normalized spacial score (nSPS) is 15.1. The first-order chi connectivity index (χ1) is 11.5. The van der Waals surface area contributed by atoms with Crippen LogP contribution in [-0.2, 0) is 4.79 Å². The van der Waals surface area contributed by atoms with Crippen molar-refractivity contribution in [2.45, 2.75) is 25.8 Å². The molecule has 126 valence electrons. The molecule has 1 aromatic heterocycles. The Kier molecular flexibility index (Phi) is 4.38. The second-order valence-corrected chi connectivity index (χ2v) is 6.10. The van der Waals surface area contributed by atoms with Crippen molar-refractivity contribution in [3.63, 3.8) is 0 Å². The van der Waals surface area contributed by atoms with Crippen LogP contribution in [0.2, 0.25) is 0 Å². The molecule has 0 spiro atoms. The summed E-state index contributed by atoms with van der Waals surface area (Å²) in [5.74, 6) is -1.58. The number of carboxylic acids is 1. The van der Waals surface area contributed by atoms with Gasteiger partial charge in [-0.3, -0.25) is 9.59 Å². The van der Waals surface area contributed by atoms with E-state index in [0.29, 0.717) is 11.3 Å². The summed E-state index contributed by atoms with van der Waals surface area (Å²) in [7, 11) is 0. The Morgan fingerprint density at radius 3 is 2.50 bits per heavy atom. The topological polar surface area (TPSA) is 70.8 Å². The van der Waals surface area contributed by atoms with Crippen LogP contribution in [0.25, 0.3) is 11.3 Å². The second kappa shape index (κ2) is 6.47. The summed E-state index contributed by atoms with van der Waals surface area (Å²) in [6.45, 7) is 1.74. The smallest absolute Gasteiger partial charge is 0.308 e. The third kappa shape index (κ3) is 3.48. The van der Waals surface area contributed by atoms with E-state index >= 15 is 0 Å². The lowest BCUT2D eigenvalue weighted by Gasteiger charge is -2.23. The van der Waals surface area contributed by atoms with Crippen LogP contribution in [0.4, 0.5) is 4.39 Å². The first kappa shape index (κ1) is 16.2. The van der Waals surface area contributed by atoms with E-state index in [1.54, 1.807) is 36.1 Å². The number of halogens is 1. The van der Waals surface area contributed by atoms with Gasteiger partial charge in [0.15, 0.2) is 5.76 Å². The van der Waals surface area contributed by atoms with Crippen LogP contribution in [0.1, 0.15) is 30.3 Å². The monoisotopic (exact) mass is 331 g/mol. The molecule has 24 heavy (non-hydrogen) atoms. The second-order valence-electron chi connectivity index (χ2n) is 6.10. The highest BCUT2D eigenvalue weighted by Crippen LogP contribution is 2.30. The highest BCUT2D eigenvalue weighted by molar-refractivity contribution is 5.92. The standard InChI is InChI=1S/C18H18FNO4/c1-11(18(22)23)10-20(14-6-7-14)17(21)16-9-8-15(24-16)12-2-4-13(19)5-3-12/h2-5,8-9,11,14H,6-7,10H2,1H3,(H,22,23). The van der Waals surface area contributed by atoms with E-state index in [4.69, 9.17) is 9.52 Å². The predicted molar refractivity (Wildman–Crippen MR) is 85.0 cm³/mol. The highest BCUT2D eigenvalue weighted by Gasteiger charge is 2.36. The number of hydrogen-bond donors (Lipinski definition) is 1. The third-order valence-corrected chi connectivity index (χ3v) is 4.09. The Bertz CT molecular complexity index is 749. The summed E-state index contributed by atoms with van der Waals surface area (Å²) in [6, 6.07) is 9.11. The first-order valence-corrected chi connectivity index (χ1v) is 7.85. The molecule has 0 saturated heterocycles. The van der Waals surface area contributed by atoms with E-state index in [9.17, 15) is 14.0 Å². The van der Waals surface area contributed by atoms with Crippen LogP contribution in [-0.4, -0.2) is 34.5 Å². The fraction of sp³-hybridized carbons (Fsp3) is 0.333. The van der Waals surface area contributed by atoms with Crippen molar-refractivity contribution in [1.29, 1.82) is 0 Å². The Hall–Kier alpha value is -2.63. The number of carbonyl (C=O) groups excluding carboxylic acids is 1. The van der Waals surface area contributed by atoms with Gasteiger partial charge in [0.25, 0.3) is 5.91 Å². The summed E-state index contributed by atoms with van der Waals surface area (Å²) in [5.41, 5.74) is 0.673. The molecule has 1 aromatic carbocycles. The van der Waals surface area contributed by atoms with Crippen molar-refractivity contribution in [2.24, 2.45) is 5.92 Å². The van der Waals surface area contributed by atoms with Crippen LogP contribution in [0, 0.1) is 11.7 Å². The maximum Gasteiger partial charge on any atom is 0.308 e. The molecule has 1 aliphatic rings. The molecule has 1 amide bonds. The Balaban J connectivity index is 1.78. The molecule has 0 aliphatic heterocycles. The summed E-state index contributed by atoms with van der Waals surface area (Å²) in [4.78, 5) is 25.3. The number of nitrogens with zero attached hydrogens (tertiary/aromatic N) is 1. The van der Waals surface area contributed by atoms with Crippen LogP contribution in [0.5, 0.6) is 0 Å². The van der Waals surface area contributed by atoms with Gasteiger partial charge in [-0.25, -0.2) is 4.39 Å². The van der Waals surface area contributed by atoms with Crippen molar-refractivity contribution in [3.8, 4) is 11.3 Å². The Morgan fingerprint density at radius 2 is 1.92 bits per heavy atom. The molecule has 1 atom stereocenters. The SMILES string of the molecule is CC(CN(C(=O)c1ccc(-c2ccc(F)cc2)o1)C1CC1)C(=O)O. The molecule has 5 nitrogen and oxygen atoms in total. The summed E-state index contributed by atoms with van der Waals surface area (Å²) < 4.78 is 18.6. The fourth-order valence-electron chi connectivity index (χ4n) is 2.52. The van der Waals surface area contributed by atoms with Crippen molar-refractivity contribution in [2.75, 3.05) is 6.54 Å². The molecule has 1 saturated carbocycles. The van der Waals surface area contributed by atoms with Gasteiger partial charge in [-0.05, 0) is 49.2 Å². The van der Waals surface area contributed by atoms with Gasteiger partial charge in [0.1, 0.15) is 11.6 Å². The minimum Gasteiger partial charge on any atom is -0.481 e. The summed E-state index contributed by atoms with van der Waals surface area (Å²) in [6.07, 6.45) is 1.76. The van der Waals surface area contributed by atoms with E-state index in [2.05, 4.69) is 0 Å². The van der Waals surface area contributed by atoms with E-state index in [-0.39, 0.29) is 30.1 Å². The molecule has 3 rings (SSSR count). The van der Waals surface area contributed by atoms with Gasteiger partial charge < -0.3 is 14.4 Å². The van der Waals surface area contributed by atoms with Gasteiger partial charge in [0, 0.05) is 18.2 Å². The Labute approximate surface area is 138 Å². The molecular formula is C18H18FNO4. The Morgan fingerprint density at radius 1 is 1.25 bits per heavy atom. The highest BCUT2D eigenvalue weighted by atomic mass is 19.1. The molecule has 1 fully saturated rings. The average Bonchev–Trinajstić information content (AvgIpc) is 3.28. The number of carboxylic acid groups (broad SMARTS) is 1. The lowest BCUT2D eigenvalue weighted by Crippen LogP contribution is -2.38. The molecule has 1 unspecified atom stereocenters. The molecule has 2 aromatic rings. The third-order valence-electron chi connectivity index (χ3n) is 4.09. The number of benzene rings is 1. The molecule has 6 heteroatoms. The van der Waals surface area contributed by atoms with Gasteiger partial charge >= 0.3 is 5.97 Å². The number of furan rings is 1. The van der Waals surface area contributed by atoms with Gasteiger partial charge in [-0.15, -0.1) is 0 Å². The molecule has 0 radical (unpaired) electrons. The molecule has 0 bridgehead atoms. The molecule has 1 heterocycles.